The number of likely N-dealkylation sites (tertiary alicyclic amines) is 2. The minimum Gasteiger partial charge on any atom is -0.338 e. The van der Waals surface area contributed by atoms with Gasteiger partial charge in [0.15, 0.2) is 5.82 Å². The van der Waals surface area contributed by atoms with Crippen molar-refractivity contribution in [2.45, 2.75) is 77.4 Å². The van der Waals surface area contributed by atoms with Crippen molar-refractivity contribution in [3.05, 3.63) is 11.7 Å². The molecular weight excluding hydrogens is 292 g/mol. The summed E-state index contributed by atoms with van der Waals surface area (Å²) in [5.74, 6) is 1.82. The molecular formula is C17H28N4O2. The minimum atomic E-state index is 0.294. The summed E-state index contributed by atoms with van der Waals surface area (Å²) >= 11 is 0. The Kier molecular flexibility index (Phi) is 5.30. The molecule has 23 heavy (non-hydrogen) atoms. The third-order valence-corrected chi connectivity index (χ3v) is 5.10. The molecule has 2 saturated heterocycles. The number of amides is 1. The highest BCUT2D eigenvalue weighted by Crippen LogP contribution is 2.31. The van der Waals surface area contributed by atoms with E-state index in [2.05, 4.69) is 26.9 Å². The standard InChI is InChI=1S/C17H28N4O2/c1-3-7-15-18-16(23-19-15)12-20-10-5-8-13(20)14-9-6-11-21(14)17(22)4-2/h13-14H,3-12H2,1-2H3/t13-,14-/m1/s1. The summed E-state index contributed by atoms with van der Waals surface area (Å²) in [5, 5.41) is 4.05. The van der Waals surface area contributed by atoms with Crippen LogP contribution in [0.25, 0.3) is 0 Å². The molecule has 0 aromatic carbocycles. The monoisotopic (exact) mass is 320 g/mol. The molecule has 3 heterocycles. The lowest BCUT2D eigenvalue weighted by atomic mass is 10.0. The van der Waals surface area contributed by atoms with E-state index >= 15 is 0 Å². The first-order valence-electron chi connectivity index (χ1n) is 9.08. The van der Waals surface area contributed by atoms with Crippen LogP contribution in [-0.4, -0.2) is 51.0 Å². The van der Waals surface area contributed by atoms with Crippen molar-refractivity contribution in [3.8, 4) is 0 Å². The molecule has 6 heteroatoms. The average molecular weight is 320 g/mol. The fraction of sp³-hybridized carbons (Fsp3) is 0.824. The predicted octanol–water partition coefficient (Wildman–Crippen LogP) is 2.39. The zero-order valence-corrected chi connectivity index (χ0v) is 14.3. The first kappa shape index (κ1) is 16.4. The van der Waals surface area contributed by atoms with Crippen LogP contribution in [0.2, 0.25) is 0 Å². The highest BCUT2D eigenvalue weighted by Gasteiger charge is 2.39. The molecule has 0 radical (unpaired) electrons. The molecule has 1 aromatic rings. The molecule has 2 aliphatic rings. The molecule has 2 atom stereocenters. The maximum atomic E-state index is 12.2. The van der Waals surface area contributed by atoms with Crippen LogP contribution in [0, 0.1) is 0 Å². The third-order valence-electron chi connectivity index (χ3n) is 5.10. The summed E-state index contributed by atoms with van der Waals surface area (Å²) in [6.07, 6.45) is 7.10. The van der Waals surface area contributed by atoms with E-state index in [0.717, 1.165) is 51.0 Å². The van der Waals surface area contributed by atoms with E-state index < -0.39 is 0 Å². The van der Waals surface area contributed by atoms with Gasteiger partial charge in [-0.1, -0.05) is 19.0 Å². The summed E-state index contributed by atoms with van der Waals surface area (Å²) in [7, 11) is 0. The van der Waals surface area contributed by atoms with Gasteiger partial charge < -0.3 is 9.42 Å². The first-order valence-corrected chi connectivity index (χ1v) is 9.08. The van der Waals surface area contributed by atoms with Crippen molar-refractivity contribution in [1.29, 1.82) is 0 Å². The third kappa shape index (κ3) is 3.57. The summed E-state index contributed by atoms with van der Waals surface area (Å²) in [4.78, 5) is 21.2. The zero-order chi connectivity index (χ0) is 16.2. The maximum Gasteiger partial charge on any atom is 0.240 e. The summed E-state index contributed by atoms with van der Waals surface area (Å²) < 4.78 is 5.40. The van der Waals surface area contributed by atoms with Crippen LogP contribution >= 0.6 is 0 Å². The summed E-state index contributed by atoms with van der Waals surface area (Å²) in [6.45, 7) is 6.76. The van der Waals surface area contributed by atoms with Crippen LogP contribution < -0.4 is 0 Å². The number of aryl methyl sites for hydroxylation is 1. The van der Waals surface area contributed by atoms with Crippen molar-refractivity contribution >= 4 is 5.91 Å². The van der Waals surface area contributed by atoms with Crippen molar-refractivity contribution in [3.63, 3.8) is 0 Å². The Bertz CT molecular complexity index is 530. The van der Waals surface area contributed by atoms with Crippen molar-refractivity contribution in [2.24, 2.45) is 0 Å². The second kappa shape index (κ2) is 7.43. The van der Waals surface area contributed by atoms with Crippen LogP contribution in [0.3, 0.4) is 0 Å². The molecule has 0 bridgehead atoms. The highest BCUT2D eigenvalue weighted by atomic mass is 16.5. The van der Waals surface area contributed by atoms with Crippen LogP contribution in [0.15, 0.2) is 4.52 Å². The SMILES string of the molecule is CCCc1noc(CN2CCC[C@@H]2[C@H]2CCCN2C(=O)CC)n1. The largest absolute Gasteiger partial charge is 0.338 e. The molecule has 0 unspecified atom stereocenters. The Hall–Kier alpha value is -1.43. The number of aromatic nitrogens is 2. The van der Waals surface area contributed by atoms with E-state index in [9.17, 15) is 4.79 Å². The van der Waals surface area contributed by atoms with E-state index in [1.807, 2.05) is 6.92 Å². The molecule has 3 rings (SSSR count). The van der Waals surface area contributed by atoms with Gasteiger partial charge in [0.25, 0.3) is 0 Å². The second-order valence-corrected chi connectivity index (χ2v) is 6.68. The maximum absolute atomic E-state index is 12.2. The summed E-state index contributed by atoms with van der Waals surface area (Å²) in [5.41, 5.74) is 0. The van der Waals surface area contributed by atoms with E-state index in [-0.39, 0.29) is 0 Å². The van der Waals surface area contributed by atoms with Gasteiger partial charge in [0.1, 0.15) is 0 Å². The predicted molar refractivity (Wildman–Crippen MR) is 86.8 cm³/mol. The molecule has 1 aromatic heterocycles. The molecule has 1 amide bonds. The van der Waals surface area contributed by atoms with Crippen molar-refractivity contribution < 1.29 is 9.32 Å². The van der Waals surface area contributed by atoms with Crippen molar-refractivity contribution in [2.75, 3.05) is 13.1 Å². The van der Waals surface area contributed by atoms with E-state index in [1.165, 1.54) is 6.42 Å². The minimum absolute atomic E-state index is 0.294. The quantitative estimate of drug-likeness (QED) is 0.805. The number of rotatable bonds is 6. The lowest BCUT2D eigenvalue weighted by molar-refractivity contribution is -0.132. The molecule has 128 valence electrons. The number of carbonyl (C=O) groups is 1. The highest BCUT2D eigenvalue weighted by molar-refractivity contribution is 5.76. The molecule has 2 aliphatic heterocycles. The van der Waals surface area contributed by atoms with Crippen LogP contribution in [0.4, 0.5) is 0 Å². The van der Waals surface area contributed by atoms with Gasteiger partial charge in [-0.15, -0.1) is 0 Å². The first-order chi connectivity index (χ1) is 11.2. The number of nitrogens with zero attached hydrogens (tertiary/aromatic N) is 4. The van der Waals surface area contributed by atoms with Gasteiger partial charge in [-0.2, -0.15) is 4.98 Å². The lowest BCUT2D eigenvalue weighted by Crippen LogP contribution is -2.47. The van der Waals surface area contributed by atoms with Crippen LogP contribution in [-0.2, 0) is 17.8 Å². The van der Waals surface area contributed by atoms with Gasteiger partial charge in [0.05, 0.1) is 6.54 Å². The molecule has 6 nitrogen and oxygen atoms in total. The van der Waals surface area contributed by atoms with E-state index in [0.29, 0.717) is 36.8 Å². The normalized spacial score (nSPS) is 25.4. The molecule has 0 aliphatic carbocycles. The number of carbonyl (C=O) groups excluding carboxylic acids is 1. The molecule has 0 N–H and O–H groups in total. The Morgan fingerprint density at radius 1 is 1.22 bits per heavy atom. The summed E-state index contributed by atoms with van der Waals surface area (Å²) in [6, 6.07) is 0.803. The second-order valence-electron chi connectivity index (χ2n) is 6.68. The Balaban J connectivity index is 1.66. The van der Waals surface area contributed by atoms with E-state index in [4.69, 9.17) is 4.52 Å². The Morgan fingerprint density at radius 3 is 2.78 bits per heavy atom. The fourth-order valence-electron chi connectivity index (χ4n) is 4.04. The smallest absolute Gasteiger partial charge is 0.240 e. The van der Waals surface area contributed by atoms with E-state index in [1.54, 1.807) is 0 Å². The van der Waals surface area contributed by atoms with Crippen LogP contribution in [0.1, 0.15) is 64.1 Å². The Morgan fingerprint density at radius 2 is 2.00 bits per heavy atom. The molecule has 0 saturated carbocycles. The Labute approximate surface area is 138 Å². The fourth-order valence-corrected chi connectivity index (χ4v) is 4.04. The topological polar surface area (TPSA) is 62.5 Å². The van der Waals surface area contributed by atoms with Gasteiger partial charge in [-0.3, -0.25) is 9.69 Å². The lowest BCUT2D eigenvalue weighted by Gasteiger charge is -2.34. The number of hydrogen-bond acceptors (Lipinski definition) is 5. The van der Waals surface area contributed by atoms with Gasteiger partial charge in [0.2, 0.25) is 11.8 Å². The number of hydrogen-bond donors (Lipinski definition) is 0. The van der Waals surface area contributed by atoms with Gasteiger partial charge in [-0.05, 0) is 38.6 Å². The zero-order valence-electron chi connectivity index (χ0n) is 14.3. The van der Waals surface area contributed by atoms with Gasteiger partial charge >= 0.3 is 0 Å². The van der Waals surface area contributed by atoms with Crippen LogP contribution in [0.5, 0.6) is 0 Å². The van der Waals surface area contributed by atoms with Crippen molar-refractivity contribution in [1.82, 2.24) is 19.9 Å². The molecule has 0 spiro atoms. The van der Waals surface area contributed by atoms with Gasteiger partial charge in [0, 0.05) is 31.5 Å². The average Bonchev–Trinajstić information content (AvgIpc) is 3.27. The molecule has 2 fully saturated rings. The van der Waals surface area contributed by atoms with Gasteiger partial charge in [-0.25, -0.2) is 0 Å².